The summed E-state index contributed by atoms with van der Waals surface area (Å²) in [5.74, 6) is -0.571. The van der Waals surface area contributed by atoms with E-state index in [1.807, 2.05) is 0 Å². The molecule has 1 amide bonds. The average Bonchev–Trinajstić information content (AvgIpc) is 2.28. The Labute approximate surface area is 110 Å². The minimum atomic E-state index is -0.985. The van der Waals surface area contributed by atoms with Crippen molar-refractivity contribution in [2.75, 3.05) is 5.32 Å². The largest absolute Gasteiger partial charge is 0.478 e. The fourth-order valence-electron chi connectivity index (χ4n) is 1.87. The zero-order chi connectivity index (χ0) is 13.3. The molecule has 2 N–H and O–H groups in total. The average molecular weight is 265 g/mol. The molecule has 18 heavy (non-hydrogen) atoms. The molecule has 1 aliphatic rings. The zero-order valence-corrected chi connectivity index (χ0v) is 11.1. The van der Waals surface area contributed by atoms with Crippen molar-refractivity contribution in [1.29, 1.82) is 0 Å². The smallest absolute Gasteiger partial charge is 0.335 e. The van der Waals surface area contributed by atoms with E-state index in [2.05, 4.69) is 19.2 Å². The fourth-order valence-corrected chi connectivity index (χ4v) is 3.20. The normalized spacial score (nSPS) is 18.4. The van der Waals surface area contributed by atoms with Gasteiger partial charge >= 0.3 is 5.97 Å². The second kappa shape index (κ2) is 5.02. The second-order valence-electron chi connectivity index (χ2n) is 4.74. The number of carbonyl (C=O) groups is 2. The number of amides is 1. The first-order valence-electron chi connectivity index (χ1n) is 5.82. The van der Waals surface area contributed by atoms with Gasteiger partial charge in [0.25, 0.3) is 0 Å². The van der Waals surface area contributed by atoms with Crippen LogP contribution in [0.3, 0.4) is 0 Å². The third-order valence-electron chi connectivity index (χ3n) is 2.73. The van der Waals surface area contributed by atoms with Crippen molar-refractivity contribution in [3.63, 3.8) is 0 Å². The first-order valence-corrected chi connectivity index (χ1v) is 6.70. The number of rotatable bonds is 3. The van der Waals surface area contributed by atoms with Crippen molar-refractivity contribution >= 4 is 29.3 Å². The van der Waals surface area contributed by atoms with Crippen molar-refractivity contribution in [3.05, 3.63) is 23.8 Å². The summed E-state index contributed by atoms with van der Waals surface area (Å²) in [4.78, 5) is 23.7. The number of nitrogens with one attached hydrogen (secondary N) is 1. The highest BCUT2D eigenvalue weighted by Gasteiger charge is 2.27. The predicted octanol–water partition coefficient (Wildman–Crippen LogP) is 2.84. The number of hydrogen-bond acceptors (Lipinski definition) is 3. The lowest BCUT2D eigenvalue weighted by Crippen LogP contribution is -2.30. The second-order valence-corrected chi connectivity index (χ2v) is 5.99. The Hall–Kier alpha value is -1.49. The SMILES string of the molecule is CC(C)CC1Sc2ccc(C(=O)O)cc2NC1=O. The van der Waals surface area contributed by atoms with E-state index >= 15 is 0 Å². The molecule has 0 bridgehead atoms. The minimum Gasteiger partial charge on any atom is -0.478 e. The summed E-state index contributed by atoms with van der Waals surface area (Å²) >= 11 is 1.51. The Balaban J connectivity index is 2.25. The quantitative estimate of drug-likeness (QED) is 0.882. The van der Waals surface area contributed by atoms with Crippen LogP contribution in [0.2, 0.25) is 0 Å². The van der Waals surface area contributed by atoms with Crippen LogP contribution in [0.15, 0.2) is 23.1 Å². The lowest BCUT2D eigenvalue weighted by Gasteiger charge is -2.25. The summed E-state index contributed by atoms with van der Waals surface area (Å²) < 4.78 is 0. The van der Waals surface area contributed by atoms with Gasteiger partial charge in [-0.3, -0.25) is 4.79 Å². The van der Waals surface area contributed by atoms with Gasteiger partial charge in [-0.05, 0) is 30.5 Å². The van der Waals surface area contributed by atoms with Gasteiger partial charge in [0.2, 0.25) is 5.91 Å². The molecule has 0 aliphatic carbocycles. The first kappa shape index (κ1) is 13.0. The van der Waals surface area contributed by atoms with Crippen molar-refractivity contribution in [3.8, 4) is 0 Å². The highest BCUT2D eigenvalue weighted by Crippen LogP contribution is 2.38. The van der Waals surface area contributed by atoms with Crippen molar-refractivity contribution < 1.29 is 14.7 Å². The molecule has 1 aromatic rings. The van der Waals surface area contributed by atoms with Crippen LogP contribution in [0.1, 0.15) is 30.6 Å². The zero-order valence-electron chi connectivity index (χ0n) is 10.3. The van der Waals surface area contributed by atoms with Crippen LogP contribution in [0.4, 0.5) is 5.69 Å². The van der Waals surface area contributed by atoms with Crippen LogP contribution in [-0.4, -0.2) is 22.2 Å². The molecule has 1 atom stereocenters. The third-order valence-corrected chi connectivity index (χ3v) is 4.03. The molecule has 4 nitrogen and oxygen atoms in total. The van der Waals surface area contributed by atoms with Crippen LogP contribution < -0.4 is 5.32 Å². The fraction of sp³-hybridized carbons (Fsp3) is 0.385. The van der Waals surface area contributed by atoms with E-state index < -0.39 is 5.97 Å². The van der Waals surface area contributed by atoms with Gasteiger partial charge in [0.15, 0.2) is 0 Å². The molecule has 0 saturated carbocycles. The molecule has 0 aromatic heterocycles. The molecule has 2 rings (SSSR count). The molecule has 1 aliphatic heterocycles. The number of hydrogen-bond donors (Lipinski definition) is 2. The molecule has 0 spiro atoms. The number of carboxylic acid groups (broad SMARTS) is 1. The van der Waals surface area contributed by atoms with E-state index in [1.54, 1.807) is 12.1 Å². The number of anilines is 1. The maximum Gasteiger partial charge on any atom is 0.335 e. The van der Waals surface area contributed by atoms with E-state index in [4.69, 9.17) is 5.11 Å². The van der Waals surface area contributed by atoms with Gasteiger partial charge < -0.3 is 10.4 Å². The van der Waals surface area contributed by atoms with Crippen molar-refractivity contribution in [2.45, 2.75) is 30.4 Å². The standard InChI is InChI=1S/C13H15NO3S/c1-7(2)5-11-12(15)14-9-6-8(13(16)17)3-4-10(9)18-11/h3-4,6-7,11H,5H2,1-2H3,(H,14,15)(H,16,17). The Kier molecular flexibility index (Phi) is 3.61. The van der Waals surface area contributed by atoms with Crippen LogP contribution in [-0.2, 0) is 4.79 Å². The summed E-state index contributed by atoms with van der Waals surface area (Å²) in [6.07, 6.45) is 0.816. The first-order chi connectivity index (χ1) is 8.47. The molecule has 96 valence electrons. The van der Waals surface area contributed by atoms with Gasteiger partial charge in [-0.15, -0.1) is 11.8 Å². The van der Waals surface area contributed by atoms with Crippen LogP contribution in [0.25, 0.3) is 0 Å². The summed E-state index contributed by atoms with van der Waals surface area (Å²) in [6.45, 7) is 4.16. The Morgan fingerprint density at radius 1 is 1.50 bits per heavy atom. The predicted molar refractivity (Wildman–Crippen MR) is 71.1 cm³/mol. The molecule has 1 heterocycles. The number of aromatic carboxylic acids is 1. The summed E-state index contributed by atoms with van der Waals surface area (Å²) in [6, 6.07) is 4.84. The topological polar surface area (TPSA) is 66.4 Å². The Morgan fingerprint density at radius 3 is 2.83 bits per heavy atom. The molecule has 1 aromatic carbocycles. The van der Waals surface area contributed by atoms with E-state index in [0.29, 0.717) is 11.6 Å². The maximum atomic E-state index is 11.9. The lowest BCUT2D eigenvalue weighted by molar-refractivity contribution is -0.116. The number of benzene rings is 1. The van der Waals surface area contributed by atoms with Gasteiger partial charge in [0, 0.05) is 4.90 Å². The Morgan fingerprint density at radius 2 is 2.22 bits per heavy atom. The van der Waals surface area contributed by atoms with Crippen molar-refractivity contribution in [1.82, 2.24) is 0 Å². The van der Waals surface area contributed by atoms with Gasteiger partial charge in [0.05, 0.1) is 16.5 Å². The maximum absolute atomic E-state index is 11.9. The van der Waals surface area contributed by atoms with Crippen LogP contribution >= 0.6 is 11.8 Å². The number of thioether (sulfide) groups is 1. The summed E-state index contributed by atoms with van der Waals surface area (Å²) in [7, 11) is 0. The highest BCUT2D eigenvalue weighted by molar-refractivity contribution is 8.01. The Bertz CT molecular complexity index is 499. The molecule has 0 fully saturated rings. The summed E-state index contributed by atoms with van der Waals surface area (Å²) in [5.41, 5.74) is 0.793. The number of fused-ring (bicyclic) bond motifs is 1. The third kappa shape index (κ3) is 2.67. The monoisotopic (exact) mass is 265 g/mol. The van der Waals surface area contributed by atoms with E-state index in [-0.39, 0.29) is 16.7 Å². The summed E-state index contributed by atoms with van der Waals surface area (Å²) in [5, 5.41) is 11.6. The minimum absolute atomic E-state index is 0.0382. The lowest BCUT2D eigenvalue weighted by atomic mass is 10.1. The van der Waals surface area contributed by atoms with Gasteiger partial charge in [-0.2, -0.15) is 0 Å². The van der Waals surface area contributed by atoms with Crippen LogP contribution in [0, 0.1) is 5.92 Å². The molecule has 1 unspecified atom stereocenters. The molecular formula is C13H15NO3S. The molecular weight excluding hydrogens is 250 g/mol. The van der Waals surface area contributed by atoms with Gasteiger partial charge in [-0.1, -0.05) is 13.8 Å². The van der Waals surface area contributed by atoms with Gasteiger partial charge in [0.1, 0.15) is 0 Å². The molecule has 0 saturated heterocycles. The van der Waals surface area contributed by atoms with Gasteiger partial charge in [-0.25, -0.2) is 4.79 Å². The molecule has 0 radical (unpaired) electrons. The van der Waals surface area contributed by atoms with E-state index in [0.717, 1.165) is 11.3 Å². The van der Waals surface area contributed by atoms with E-state index in [9.17, 15) is 9.59 Å². The highest BCUT2D eigenvalue weighted by atomic mass is 32.2. The van der Waals surface area contributed by atoms with Crippen LogP contribution in [0.5, 0.6) is 0 Å². The molecule has 5 heteroatoms. The number of carboxylic acids is 1. The van der Waals surface area contributed by atoms with Crippen molar-refractivity contribution in [2.24, 2.45) is 5.92 Å². The number of carbonyl (C=O) groups excluding carboxylic acids is 1. The van der Waals surface area contributed by atoms with E-state index in [1.165, 1.54) is 17.8 Å².